The van der Waals surface area contributed by atoms with Crippen LogP contribution in [0.15, 0.2) is 4.52 Å². The van der Waals surface area contributed by atoms with Crippen LogP contribution in [-0.4, -0.2) is 57.9 Å². The molecule has 2 saturated heterocycles. The van der Waals surface area contributed by atoms with E-state index in [0.717, 1.165) is 51.7 Å². The minimum Gasteiger partial charge on any atom is -0.342 e. The average Bonchev–Trinajstić information content (AvgIpc) is 3.00. The average molecular weight is 334 g/mol. The van der Waals surface area contributed by atoms with Gasteiger partial charge in [-0.05, 0) is 38.5 Å². The van der Waals surface area contributed by atoms with Crippen LogP contribution in [0.2, 0.25) is 0 Å². The smallest absolute Gasteiger partial charge is 0.227 e. The molecule has 132 valence electrons. The summed E-state index contributed by atoms with van der Waals surface area (Å²) in [6.07, 6.45) is 4.55. The minimum atomic E-state index is -0.0298. The largest absolute Gasteiger partial charge is 0.342 e. The van der Waals surface area contributed by atoms with Crippen molar-refractivity contribution in [2.75, 3.05) is 26.2 Å². The van der Waals surface area contributed by atoms with Crippen LogP contribution in [-0.2, 0) is 16.0 Å². The van der Waals surface area contributed by atoms with Gasteiger partial charge in [0.25, 0.3) is 0 Å². The van der Waals surface area contributed by atoms with Crippen LogP contribution in [0.25, 0.3) is 0 Å². The summed E-state index contributed by atoms with van der Waals surface area (Å²) >= 11 is 0. The van der Waals surface area contributed by atoms with Crippen molar-refractivity contribution in [3.8, 4) is 0 Å². The molecule has 1 atom stereocenters. The summed E-state index contributed by atoms with van der Waals surface area (Å²) in [7, 11) is 0. The van der Waals surface area contributed by atoms with Gasteiger partial charge in [-0.15, -0.1) is 0 Å². The standard InChI is InChI=1S/C17H26N4O3/c1-12-18-16(24-19-12)10-14-5-8-20(9-6-14)17(23)15-4-3-7-21(11-15)13(2)22/h14-15H,3-11H2,1-2H3. The van der Waals surface area contributed by atoms with E-state index in [1.165, 1.54) is 0 Å². The normalized spacial score (nSPS) is 22.7. The molecule has 2 aliphatic rings. The Morgan fingerprint density at radius 3 is 2.54 bits per heavy atom. The molecule has 24 heavy (non-hydrogen) atoms. The maximum absolute atomic E-state index is 12.7. The van der Waals surface area contributed by atoms with Crippen LogP contribution < -0.4 is 0 Å². The number of nitrogens with zero attached hydrogens (tertiary/aromatic N) is 4. The highest BCUT2D eigenvalue weighted by atomic mass is 16.5. The zero-order valence-electron chi connectivity index (χ0n) is 14.5. The van der Waals surface area contributed by atoms with Crippen LogP contribution in [0.1, 0.15) is 44.3 Å². The first kappa shape index (κ1) is 16.9. The highest BCUT2D eigenvalue weighted by Gasteiger charge is 2.32. The summed E-state index contributed by atoms with van der Waals surface area (Å²) in [5.74, 6) is 2.12. The zero-order chi connectivity index (χ0) is 17.1. The molecule has 2 fully saturated rings. The molecule has 0 aliphatic carbocycles. The lowest BCUT2D eigenvalue weighted by Gasteiger charge is -2.37. The number of amides is 2. The van der Waals surface area contributed by atoms with E-state index in [4.69, 9.17) is 4.52 Å². The molecule has 1 aromatic heterocycles. The van der Waals surface area contributed by atoms with E-state index in [1.807, 2.05) is 11.8 Å². The number of likely N-dealkylation sites (tertiary alicyclic amines) is 2. The number of hydrogen-bond acceptors (Lipinski definition) is 5. The lowest BCUT2D eigenvalue weighted by Crippen LogP contribution is -2.48. The van der Waals surface area contributed by atoms with Crippen LogP contribution in [0, 0.1) is 18.8 Å². The fraction of sp³-hybridized carbons (Fsp3) is 0.765. The molecule has 3 heterocycles. The van der Waals surface area contributed by atoms with Crippen LogP contribution >= 0.6 is 0 Å². The van der Waals surface area contributed by atoms with Crippen molar-refractivity contribution in [2.24, 2.45) is 11.8 Å². The molecule has 2 amide bonds. The van der Waals surface area contributed by atoms with E-state index in [1.54, 1.807) is 11.8 Å². The van der Waals surface area contributed by atoms with Gasteiger partial charge in [-0.25, -0.2) is 0 Å². The number of carbonyl (C=O) groups excluding carboxylic acids is 2. The number of rotatable bonds is 3. The summed E-state index contributed by atoms with van der Waals surface area (Å²) in [6.45, 7) is 6.33. The van der Waals surface area contributed by atoms with E-state index in [9.17, 15) is 9.59 Å². The predicted molar refractivity (Wildman–Crippen MR) is 87.0 cm³/mol. The summed E-state index contributed by atoms with van der Waals surface area (Å²) in [6, 6.07) is 0. The molecule has 0 saturated carbocycles. The van der Waals surface area contributed by atoms with E-state index < -0.39 is 0 Å². The second-order valence-electron chi connectivity index (χ2n) is 7.01. The fourth-order valence-electron chi connectivity index (χ4n) is 3.75. The van der Waals surface area contributed by atoms with Crippen molar-refractivity contribution in [1.29, 1.82) is 0 Å². The summed E-state index contributed by atoms with van der Waals surface area (Å²) in [4.78, 5) is 32.3. The molecule has 0 N–H and O–H groups in total. The van der Waals surface area contributed by atoms with E-state index in [0.29, 0.717) is 24.2 Å². The number of aromatic nitrogens is 2. The predicted octanol–water partition coefficient (Wildman–Crippen LogP) is 1.42. The molecule has 0 spiro atoms. The Hall–Kier alpha value is -1.92. The first-order valence-corrected chi connectivity index (χ1v) is 8.86. The second-order valence-corrected chi connectivity index (χ2v) is 7.01. The lowest BCUT2D eigenvalue weighted by molar-refractivity contribution is -0.141. The molecule has 1 unspecified atom stereocenters. The number of hydrogen-bond donors (Lipinski definition) is 0. The number of carbonyl (C=O) groups is 2. The van der Waals surface area contributed by atoms with Crippen LogP contribution in [0.4, 0.5) is 0 Å². The lowest BCUT2D eigenvalue weighted by atomic mass is 9.91. The van der Waals surface area contributed by atoms with Crippen molar-refractivity contribution in [3.05, 3.63) is 11.7 Å². The van der Waals surface area contributed by atoms with Gasteiger partial charge < -0.3 is 14.3 Å². The van der Waals surface area contributed by atoms with Gasteiger partial charge in [0.15, 0.2) is 5.82 Å². The number of piperidine rings is 2. The van der Waals surface area contributed by atoms with Crippen LogP contribution in [0.3, 0.4) is 0 Å². The third kappa shape index (κ3) is 3.94. The molecule has 7 nitrogen and oxygen atoms in total. The molecule has 0 bridgehead atoms. The quantitative estimate of drug-likeness (QED) is 0.835. The van der Waals surface area contributed by atoms with Gasteiger partial charge in [0.05, 0.1) is 5.92 Å². The topological polar surface area (TPSA) is 79.5 Å². The monoisotopic (exact) mass is 334 g/mol. The van der Waals surface area contributed by atoms with Gasteiger partial charge in [0.2, 0.25) is 17.7 Å². The van der Waals surface area contributed by atoms with E-state index >= 15 is 0 Å². The Morgan fingerprint density at radius 2 is 1.92 bits per heavy atom. The van der Waals surface area contributed by atoms with Gasteiger partial charge in [-0.2, -0.15) is 4.98 Å². The molecule has 0 aromatic carbocycles. The highest BCUT2D eigenvalue weighted by molar-refractivity contribution is 5.80. The molecular weight excluding hydrogens is 308 g/mol. The molecule has 7 heteroatoms. The van der Waals surface area contributed by atoms with E-state index in [-0.39, 0.29) is 17.7 Å². The Bertz CT molecular complexity index is 592. The maximum Gasteiger partial charge on any atom is 0.227 e. The SMILES string of the molecule is CC(=O)N1CCCC(C(=O)N2CCC(Cc3nc(C)no3)CC2)C1. The van der Waals surface area contributed by atoms with E-state index in [2.05, 4.69) is 10.1 Å². The maximum atomic E-state index is 12.7. The van der Waals surface area contributed by atoms with Crippen molar-refractivity contribution in [3.63, 3.8) is 0 Å². The van der Waals surface area contributed by atoms with Gasteiger partial charge in [0, 0.05) is 39.5 Å². The molecule has 3 rings (SSSR count). The minimum absolute atomic E-state index is 0.0298. The van der Waals surface area contributed by atoms with Crippen molar-refractivity contribution in [2.45, 2.75) is 46.0 Å². The van der Waals surface area contributed by atoms with Gasteiger partial charge in [-0.1, -0.05) is 5.16 Å². The van der Waals surface area contributed by atoms with Crippen molar-refractivity contribution in [1.82, 2.24) is 19.9 Å². The van der Waals surface area contributed by atoms with Crippen molar-refractivity contribution < 1.29 is 14.1 Å². The number of aryl methyl sites for hydroxylation is 1. The van der Waals surface area contributed by atoms with Gasteiger partial charge in [0.1, 0.15) is 0 Å². The zero-order valence-corrected chi connectivity index (χ0v) is 14.5. The fourth-order valence-corrected chi connectivity index (χ4v) is 3.75. The Morgan fingerprint density at radius 1 is 1.17 bits per heavy atom. The molecule has 0 radical (unpaired) electrons. The summed E-state index contributed by atoms with van der Waals surface area (Å²) in [5, 5.41) is 3.82. The Labute approximate surface area is 142 Å². The summed E-state index contributed by atoms with van der Waals surface area (Å²) < 4.78 is 5.19. The van der Waals surface area contributed by atoms with Crippen molar-refractivity contribution >= 4 is 11.8 Å². The molecule has 1 aromatic rings. The third-order valence-electron chi connectivity index (χ3n) is 5.18. The van der Waals surface area contributed by atoms with Gasteiger partial charge in [-0.3, -0.25) is 9.59 Å². The third-order valence-corrected chi connectivity index (χ3v) is 5.18. The molecular formula is C17H26N4O3. The molecule has 2 aliphatic heterocycles. The highest BCUT2D eigenvalue weighted by Crippen LogP contribution is 2.25. The van der Waals surface area contributed by atoms with Gasteiger partial charge >= 0.3 is 0 Å². The Kier molecular flexibility index (Phi) is 5.16. The van der Waals surface area contributed by atoms with Crippen LogP contribution in [0.5, 0.6) is 0 Å². The first-order valence-electron chi connectivity index (χ1n) is 8.86. The summed E-state index contributed by atoms with van der Waals surface area (Å²) in [5.41, 5.74) is 0. The first-order chi connectivity index (χ1) is 11.5. The Balaban J connectivity index is 1.49. The second kappa shape index (κ2) is 7.32.